The summed E-state index contributed by atoms with van der Waals surface area (Å²) in [6, 6.07) is 20.0. The van der Waals surface area contributed by atoms with Crippen molar-refractivity contribution in [2.75, 3.05) is 6.54 Å². The van der Waals surface area contributed by atoms with Gasteiger partial charge in [-0.25, -0.2) is 13.1 Å². The lowest BCUT2D eigenvalue weighted by molar-refractivity contribution is -0.137. The first-order chi connectivity index (χ1) is 14.6. The largest absolute Gasteiger partial charge is 0.486 e. The molecular formula is C23H22F3NO3S. The van der Waals surface area contributed by atoms with Gasteiger partial charge in [0.15, 0.2) is 0 Å². The topological polar surface area (TPSA) is 55.4 Å². The van der Waals surface area contributed by atoms with Gasteiger partial charge in [0, 0.05) is 13.0 Å². The van der Waals surface area contributed by atoms with Crippen molar-refractivity contribution in [3.63, 3.8) is 0 Å². The van der Waals surface area contributed by atoms with E-state index in [0.717, 1.165) is 23.3 Å². The molecule has 164 valence electrons. The Bertz CT molecular complexity index is 1080. The third-order valence-corrected chi connectivity index (χ3v) is 6.14. The summed E-state index contributed by atoms with van der Waals surface area (Å²) in [6.45, 7) is 1.96. The van der Waals surface area contributed by atoms with Crippen molar-refractivity contribution in [2.45, 2.75) is 30.5 Å². The third kappa shape index (κ3) is 6.32. The van der Waals surface area contributed by atoms with Gasteiger partial charge in [-0.15, -0.1) is 0 Å². The van der Waals surface area contributed by atoms with Gasteiger partial charge in [-0.2, -0.15) is 13.2 Å². The van der Waals surface area contributed by atoms with Crippen LogP contribution in [0.1, 0.15) is 29.2 Å². The Morgan fingerprint density at radius 3 is 2.10 bits per heavy atom. The van der Waals surface area contributed by atoms with Crippen molar-refractivity contribution in [1.29, 1.82) is 0 Å². The van der Waals surface area contributed by atoms with Gasteiger partial charge in [0.25, 0.3) is 0 Å². The Kier molecular flexibility index (Phi) is 7.02. The van der Waals surface area contributed by atoms with E-state index >= 15 is 0 Å². The van der Waals surface area contributed by atoms with Crippen LogP contribution in [0.2, 0.25) is 0 Å². The molecule has 8 heteroatoms. The summed E-state index contributed by atoms with van der Waals surface area (Å²) in [5.74, 6) is 0.267. The molecule has 3 aromatic rings. The summed E-state index contributed by atoms with van der Waals surface area (Å²) >= 11 is 0. The first-order valence-electron chi connectivity index (χ1n) is 9.60. The lowest BCUT2D eigenvalue weighted by atomic mass is 10.1. The summed E-state index contributed by atoms with van der Waals surface area (Å²) in [7, 11) is -3.68. The molecule has 1 unspecified atom stereocenters. The molecule has 0 amide bonds. The fraction of sp³-hybridized carbons (Fsp3) is 0.217. The van der Waals surface area contributed by atoms with Crippen LogP contribution in [0.3, 0.4) is 0 Å². The van der Waals surface area contributed by atoms with Crippen LogP contribution in [0.4, 0.5) is 13.2 Å². The fourth-order valence-corrected chi connectivity index (χ4v) is 4.02. The first kappa shape index (κ1) is 22.8. The maximum atomic E-state index is 12.8. The molecule has 0 saturated heterocycles. The van der Waals surface area contributed by atoms with Gasteiger partial charge in [-0.1, -0.05) is 48.0 Å². The number of nitrogens with one attached hydrogen (secondary N) is 1. The number of halogens is 3. The maximum absolute atomic E-state index is 12.8. The normalized spacial score (nSPS) is 13.0. The van der Waals surface area contributed by atoms with E-state index < -0.39 is 27.9 Å². The minimum Gasteiger partial charge on any atom is -0.486 e. The van der Waals surface area contributed by atoms with E-state index in [1.54, 1.807) is 12.1 Å². The van der Waals surface area contributed by atoms with Gasteiger partial charge >= 0.3 is 6.18 Å². The summed E-state index contributed by atoms with van der Waals surface area (Å²) in [5, 5.41) is 0. The van der Waals surface area contributed by atoms with Gasteiger partial charge < -0.3 is 4.74 Å². The molecule has 0 spiro atoms. The van der Waals surface area contributed by atoms with Crippen LogP contribution in [-0.4, -0.2) is 15.0 Å². The average Bonchev–Trinajstić information content (AvgIpc) is 2.73. The highest BCUT2D eigenvalue weighted by Gasteiger charge is 2.30. The van der Waals surface area contributed by atoms with Crippen molar-refractivity contribution >= 4 is 10.0 Å². The van der Waals surface area contributed by atoms with E-state index in [4.69, 9.17) is 4.74 Å². The minimum atomic E-state index is -4.42. The zero-order valence-electron chi connectivity index (χ0n) is 16.8. The van der Waals surface area contributed by atoms with Gasteiger partial charge in [0.05, 0.1) is 10.5 Å². The van der Waals surface area contributed by atoms with Crippen LogP contribution in [0, 0.1) is 6.92 Å². The second-order valence-electron chi connectivity index (χ2n) is 7.04. The molecule has 0 aliphatic heterocycles. The highest BCUT2D eigenvalue weighted by molar-refractivity contribution is 7.89. The Balaban J connectivity index is 1.71. The summed E-state index contributed by atoms with van der Waals surface area (Å²) in [4.78, 5) is 0.165. The van der Waals surface area contributed by atoms with Crippen LogP contribution < -0.4 is 9.46 Å². The molecule has 0 radical (unpaired) electrons. The van der Waals surface area contributed by atoms with E-state index in [9.17, 15) is 21.6 Å². The number of sulfonamides is 1. The number of aryl methyl sites for hydroxylation is 1. The molecule has 0 aliphatic carbocycles. The predicted molar refractivity (Wildman–Crippen MR) is 112 cm³/mol. The summed E-state index contributed by atoms with van der Waals surface area (Å²) in [6.07, 6.45) is -4.68. The Hall–Kier alpha value is -2.84. The van der Waals surface area contributed by atoms with Crippen LogP contribution in [-0.2, 0) is 16.2 Å². The van der Waals surface area contributed by atoms with Crippen molar-refractivity contribution < 1.29 is 26.3 Å². The van der Waals surface area contributed by atoms with Gasteiger partial charge in [-0.05, 0) is 48.9 Å². The molecule has 0 aliphatic rings. The lowest BCUT2D eigenvalue weighted by Crippen LogP contribution is -2.26. The van der Waals surface area contributed by atoms with E-state index in [2.05, 4.69) is 4.72 Å². The molecule has 3 aromatic carbocycles. The molecule has 1 atom stereocenters. The van der Waals surface area contributed by atoms with Crippen molar-refractivity contribution in [3.8, 4) is 5.75 Å². The Morgan fingerprint density at radius 2 is 1.52 bits per heavy atom. The van der Waals surface area contributed by atoms with Crippen LogP contribution in [0.25, 0.3) is 0 Å². The standard InChI is InChI=1S/C23H22F3NO3S/c1-17-7-13-21(14-8-17)31(28,29)27-16-15-22(18-5-3-2-4-6-18)30-20-11-9-19(10-12-20)23(24,25)26/h2-14,22,27H,15-16H2,1H3. The molecular weight excluding hydrogens is 427 g/mol. The molecule has 0 bridgehead atoms. The molecule has 4 nitrogen and oxygen atoms in total. The van der Waals surface area contributed by atoms with Crippen molar-refractivity contribution in [2.24, 2.45) is 0 Å². The monoisotopic (exact) mass is 449 g/mol. The van der Waals surface area contributed by atoms with E-state index in [1.807, 2.05) is 37.3 Å². The molecule has 1 N–H and O–H groups in total. The van der Waals surface area contributed by atoms with Crippen molar-refractivity contribution in [1.82, 2.24) is 4.72 Å². The van der Waals surface area contributed by atoms with Crippen LogP contribution in [0.15, 0.2) is 83.8 Å². The summed E-state index contributed by atoms with van der Waals surface area (Å²) in [5.41, 5.74) is 0.979. The lowest BCUT2D eigenvalue weighted by Gasteiger charge is -2.20. The summed E-state index contributed by atoms with van der Waals surface area (Å²) < 4.78 is 71.8. The molecule has 0 heterocycles. The first-order valence-corrected chi connectivity index (χ1v) is 11.1. The fourth-order valence-electron chi connectivity index (χ4n) is 2.97. The third-order valence-electron chi connectivity index (χ3n) is 4.66. The van der Waals surface area contributed by atoms with Gasteiger partial charge in [0.1, 0.15) is 11.9 Å². The zero-order valence-corrected chi connectivity index (χ0v) is 17.6. The molecule has 0 fully saturated rings. The molecule has 0 aromatic heterocycles. The van der Waals surface area contributed by atoms with E-state index in [0.29, 0.717) is 0 Å². The number of hydrogen-bond donors (Lipinski definition) is 1. The molecule has 3 rings (SSSR count). The highest BCUT2D eigenvalue weighted by atomic mass is 32.2. The molecule has 0 saturated carbocycles. The second-order valence-corrected chi connectivity index (χ2v) is 8.81. The SMILES string of the molecule is Cc1ccc(S(=O)(=O)NCCC(Oc2ccc(C(F)(F)F)cc2)c2ccccc2)cc1. The van der Waals surface area contributed by atoms with Crippen LogP contribution >= 0.6 is 0 Å². The number of hydrogen-bond acceptors (Lipinski definition) is 3. The quantitative estimate of drug-likeness (QED) is 0.494. The Morgan fingerprint density at radius 1 is 0.903 bits per heavy atom. The number of alkyl halides is 3. The zero-order chi connectivity index (χ0) is 22.5. The van der Waals surface area contributed by atoms with Gasteiger partial charge in [0.2, 0.25) is 10.0 Å². The second kappa shape index (κ2) is 9.53. The Labute approximate surface area is 179 Å². The van der Waals surface area contributed by atoms with E-state index in [-0.39, 0.29) is 23.6 Å². The number of rotatable bonds is 8. The predicted octanol–water partition coefficient (Wildman–Crippen LogP) is 5.50. The van der Waals surface area contributed by atoms with Gasteiger partial charge in [-0.3, -0.25) is 0 Å². The number of benzene rings is 3. The average molecular weight is 449 g/mol. The smallest absolute Gasteiger partial charge is 0.416 e. The highest BCUT2D eigenvalue weighted by Crippen LogP contribution is 2.32. The minimum absolute atomic E-state index is 0.0937. The molecule has 31 heavy (non-hydrogen) atoms. The maximum Gasteiger partial charge on any atom is 0.416 e. The van der Waals surface area contributed by atoms with E-state index in [1.165, 1.54) is 24.3 Å². The number of ether oxygens (including phenoxy) is 1. The van der Waals surface area contributed by atoms with Crippen molar-refractivity contribution in [3.05, 3.63) is 95.6 Å². The van der Waals surface area contributed by atoms with Crippen LogP contribution in [0.5, 0.6) is 5.75 Å².